The van der Waals surface area contributed by atoms with Crippen LogP contribution in [0.1, 0.15) is 34.7 Å². The normalized spacial score (nSPS) is 15.3. The minimum Gasteiger partial charge on any atom is -0.475 e. The number of carbonyl (C=O) groups is 2. The van der Waals surface area contributed by atoms with Gasteiger partial charge < -0.3 is 24.6 Å². The lowest BCUT2D eigenvalue weighted by Crippen LogP contribution is -2.37. The standard InChI is InChI=1S/C23H27N7O2.C2HF3O2/c1-16-9-25-20(12-24-16)13-26-22(31)21-8-18(15-30(21)14-17-2-3-17)19-10-27-23(28-11-19)29-4-6-32-7-5-29;3-2(4,5)1(6)7/h8-12,15,17H,2-7,13-14H2,1H3,(H,26,31);(H,6,7). The predicted octanol–water partition coefficient (Wildman–Crippen LogP) is 2.85. The Bertz CT molecular complexity index is 1270. The van der Waals surface area contributed by atoms with E-state index in [1.165, 1.54) is 12.8 Å². The lowest BCUT2D eigenvalue weighted by Gasteiger charge is -2.26. The summed E-state index contributed by atoms with van der Waals surface area (Å²) in [4.78, 5) is 41.7. The molecule has 0 aromatic carbocycles. The number of carboxylic acid groups (broad SMARTS) is 1. The maximum absolute atomic E-state index is 13.0. The van der Waals surface area contributed by atoms with Gasteiger partial charge in [0.1, 0.15) is 5.69 Å². The molecule has 0 radical (unpaired) electrons. The molecule has 1 aliphatic carbocycles. The molecule has 5 rings (SSSR count). The number of alkyl halides is 3. The molecule has 1 saturated heterocycles. The molecule has 1 amide bonds. The zero-order valence-corrected chi connectivity index (χ0v) is 21.2. The van der Waals surface area contributed by atoms with Crippen LogP contribution >= 0.6 is 0 Å². The Morgan fingerprint density at radius 1 is 1.05 bits per heavy atom. The van der Waals surface area contributed by atoms with Gasteiger partial charge in [-0.3, -0.25) is 14.8 Å². The summed E-state index contributed by atoms with van der Waals surface area (Å²) < 4.78 is 39.2. The zero-order valence-electron chi connectivity index (χ0n) is 21.2. The highest BCUT2D eigenvalue weighted by Crippen LogP contribution is 2.32. The Morgan fingerprint density at radius 2 is 1.72 bits per heavy atom. The van der Waals surface area contributed by atoms with Crippen molar-refractivity contribution >= 4 is 17.8 Å². The Balaban J connectivity index is 0.000000448. The van der Waals surface area contributed by atoms with Gasteiger partial charge in [0.25, 0.3) is 5.91 Å². The van der Waals surface area contributed by atoms with Crippen molar-refractivity contribution in [1.82, 2.24) is 29.8 Å². The molecule has 4 heterocycles. The third-order valence-corrected chi connectivity index (χ3v) is 6.05. The van der Waals surface area contributed by atoms with Crippen molar-refractivity contribution in [2.45, 2.75) is 39.0 Å². The number of nitrogens with one attached hydrogen (secondary N) is 1. The molecule has 0 unspecified atom stereocenters. The van der Waals surface area contributed by atoms with Crippen LogP contribution in [0.25, 0.3) is 11.1 Å². The summed E-state index contributed by atoms with van der Waals surface area (Å²) in [6, 6.07) is 1.92. The van der Waals surface area contributed by atoms with Crippen LogP contribution in [-0.2, 0) is 22.6 Å². The van der Waals surface area contributed by atoms with Crippen molar-refractivity contribution in [2.75, 3.05) is 31.2 Å². The van der Waals surface area contributed by atoms with Crippen LogP contribution in [0.2, 0.25) is 0 Å². The molecule has 0 atom stereocenters. The highest BCUT2D eigenvalue weighted by molar-refractivity contribution is 5.94. The molecule has 2 fully saturated rings. The highest BCUT2D eigenvalue weighted by Gasteiger charge is 2.38. The lowest BCUT2D eigenvalue weighted by atomic mass is 10.2. The van der Waals surface area contributed by atoms with E-state index in [-0.39, 0.29) is 5.91 Å². The van der Waals surface area contributed by atoms with Gasteiger partial charge >= 0.3 is 12.1 Å². The number of aromatic nitrogens is 5. The fraction of sp³-hybridized carbons (Fsp3) is 0.440. The maximum atomic E-state index is 13.0. The number of hydrogen-bond donors (Lipinski definition) is 2. The topological polar surface area (TPSA) is 135 Å². The second-order valence-electron chi connectivity index (χ2n) is 9.22. The van der Waals surface area contributed by atoms with Gasteiger partial charge in [-0.2, -0.15) is 13.2 Å². The molecule has 2 N–H and O–H groups in total. The average molecular weight is 548 g/mol. The molecular formula is C25H28F3N7O4. The molecule has 1 aliphatic heterocycles. The number of anilines is 1. The number of amides is 1. The summed E-state index contributed by atoms with van der Waals surface area (Å²) in [6.45, 7) is 6.06. The number of morpholine rings is 1. The van der Waals surface area contributed by atoms with E-state index in [0.29, 0.717) is 37.3 Å². The summed E-state index contributed by atoms with van der Waals surface area (Å²) in [7, 11) is 0. The van der Waals surface area contributed by atoms with Gasteiger partial charge in [-0.05, 0) is 31.7 Å². The van der Waals surface area contributed by atoms with Gasteiger partial charge in [-0.15, -0.1) is 0 Å². The number of hydrogen-bond acceptors (Lipinski definition) is 8. The van der Waals surface area contributed by atoms with Crippen molar-refractivity contribution in [3.63, 3.8) is 0 Å². The second-order valence-corrected chi connectivity index (χ2v) is 9.22. The summed E-state index contributed by atoms with van der Waals surface area (Å²) in [6.07, 6.45) is 6.44. The molecule has 14 heteroatoms. The Kier molecular flexibility index (Phi) is 8.74. The summed E-state index contributed by atoms with van der Waals surface area (Å²) in [5.41, 5.74) is 4.07. The minimum absolute atomic E-state index is 0.120. The average Bonchev–Trinajstić information content (AvgIpc) is 3.64. The van der Waals surface area contributed by atoms with E-state index in [9.17, 15) is 18.0 Å². The number of rotatable bonds is 7. The van der Waals surface area contributed by atoms with E-state index in [0.717, 1.165) is 42.1 Å². The molecule has 0 bridgehead atoms. The predicted molar refractivity (Wildman–Crippen MR) is 133 cm³/mol. The number of carbonyl (C=O) groups excluding carboxylic acids is 1. The van der Waals surface area contributed by atoms with Crippen LogP contribution in [0.4, 0.5) is 19.1 Å². The fourth-order valence-corrected chi connectivity index (χ4v) is 3.76. The number of carboxylic acids is 1. The summed E-state index contributed by atoms with van der Waals surface area (Å²) in [5.74, 6) is -1.52. The van der Waals surface area contributed by atoms with Gasteiger partial charge in [0.15, 0.2) is 0 Å². The SMILES string of the molecule is Cc1cnc(CNC(=O)c2cc(-c3cnc(N4CCOCC4)nc3)cn2CC2CC2)cn1.O=C(O)C(F)(F)F. The Morgan fingerprint density at radius 3 is 2.28 bits per heavy atom. The second kappa shape index (κ2) is 12.2. The highest BCUT2D eigenvalue weighted by atomic mass is 19.4. The third-order valence-electron chi connectivity index (χ3n) is 6.05. The number of aryl methyl sites for hydroxylation is 1. The van der Waals surface area contributed by atoms with E-state index in [1.54, 1.807) is 12.4 Å². The first kappa shape index (κ1) is 28.0. The first-order valence-corrected chi connectivity index (χ1v) is 12.3. The first-order chi connectivity index (χ1) is 18.6. The molecule has 11 nitrogen and oxygen atoms in total. The van der Waals surface area contributed by atoms with Gasteiger partial charge in [-0.1, -0.05) is 0 Å². The zero-order chi connectivity index (χ0) is 28.0. The Hall–Kier alpha value is -4.07. The molecule has 2 aliphatic rings. The quantitative estimate of drug-likeness (QED) is 0.458. The maximum Gasteiger partial charge on any atom is 0.490 e. The largest absolute Gasteiger partial charge is 0.490 e. The fourth-order valence-electron chi connectivity index (χ4n) is 3.76. The van der Waals surface area contributed by atoms with Crippen LogP contribution in [0.3, 0.4) is 0 Å². The van der Waals surface area contributed by atoms with Crippen molar-refractivity contribution in [1.29, 1.82) is 0 Å². The van der Waals surface area contributed by atoms with Crippen LogP contribution in [-0.4, -0.2) is 74.0 Å². The first-order valence-electron chi connectivity index (χ1n) is 12.3. The molecule has 0 spiro atoms. The van der Waals surface area contributed by atoms with Gasteiger partial charge in [0.2, 0.25) is 5.95 Å². The molecule has 1 saturated carbocycles. The molecule has 3 aromatic rings. The number of aliphatic carboxylic acids is 1. The van der Waals surface area contributed by atoms with E-state index in [1.807, 2.05) is 31.6 Å². The van der Waals surface area contributed by atoms with Crippen molar-refractivity contribution in [3.8, 4) is 11.1 Å². The van der Waals surface area contributed by atoms with Crippen molar-refractivity contribution in [3.05, 3.63) is 54.1 Å². The van der Waals surface area contributed by atoms with Crippen LogP contribution < -0.4 is 10.2 Å². The summed E-state index contributed by atoms with van der Waals surface area (Å²) in [5, 5.41) is 10.1. The lowest BCUT2D eigenvalue weighted by molar-refractivity contribution is -0.192. The monoisotopic (exact) mass is 547 g/mol. The molecule has 39 heavy (non-hydrogen) atoms. The van der Waals surface area contributed by atoms with Crippen LogP contribution in [0.5, 0.6) is 0 Å². The smallest absolute Gasteiger partial charge is 0.475 e. The molecule has 3 aromatic heterocycles. The summed E-state index contributed by atoms with van der Waals surface area (Å²) >= 11 is 0. The van der Waals surface area contributed by atoms with E-state index in [2.05, 4.69) is 34.7 Å². The number of ether oxygens (including phenoxy) is 1. The van der Waals surface area contributed by atoms with Gasteiger partial charge in [0.05, 0.1) is 37.3 Å². The Labute approximate surface area is 222 Å². The van der Waals surface area contributed by atoms with E-state index in [4.69, 9.17) is 14.6 Å². The van der Waals surface area contributed by atoms with Crippen molar-refractivity contribution < 1.29 is 32.6 Å². The van der Waals surface area contributed by atoms with E-state index < -0.39 is 12.1 Å². The van der Waals surface area contributed by atoms with Crippen LogP contribution in [0.15, 0.2) is 37.1 Å². The third kappa shape index (κ3) is 7.96. The minimum atomic E-state index is -5.08. The number of nitrogens with zero attached hydrogens (tertiary/aromatic N) is 6. The van der Waals surface area contributed by atoms with Crippen LogP contribution in [0, 0.1) is 12.8 Å². The van der Waals surface area contributed by atoms with Gasteiger partial charge in [0, 0.05) is 55.5 Å². The van der Waals surface area contributed by atoms with Gasteiger partial charge in [-0.25, -0.2) is 14.8 Å². The molecule has 208 valence electrons. The molecular weight excluding hydrogens is 519 g/mol. The van der Waals surface area contributed by atoms with E-state index >= 15 is 0 Å². The number of halogens is 3. The van der Waals surface area contributed by atoms with Crippen molar-refractivity contribution in [2.24, 2.45) is 5.92 Å².